The molecular formula is C12H13FO2. The number of halogens is 1. The van der Waals surface area contributed by atoms with Gasteiger partial charge in [0.15, 0.2) is 0 Å². The van der Waals surface area contributed by atoms with Gasteiger partial charge in [-0.15, -0.1) is 0 Å². The lowest BCUT2D eigenvalue weighted by Crippen LogP contribution is -2.14. The van der Waals surface area contributed by atoms with E-state index in [4.69, 9.17) is 5.11 Å². The standard InChI is InChI=1S/C12H13FO2/c1-2-12(7-10(12)11(14)15)8-4-3-5-9(13)6-8/h3-6,10H,2,7H2,1H3,(H,14,15). The highest BCUT2D eigenvalue weighted by Gasteiger charge is 2.58. The summed E-state index contributed by atoms with van der Waals surface area (Å²) in [5, 5.41) is 8.96. The van der Waals surface area contributed by atoms with Gasteiger partial charge in [0.05, 0.1) is 5.92 Å². The van der Waals surface area contributed by atoms with Gasteiger partial charge in [-0.3, -0.25) is 4.79 Å². The van der Waals surface area contributed by atoms with Gasteiger partial charge in [-0.25, -0.2) is 4.39 Å². The normalized spacial score (nSPS) is 28.8. The zero-order valence-corrected chi connectivity index (χ0v) is 8.53. The topological polar surface area (TPSA) is 37.3 Å². The second kappa shape index (κ2) is 3.33. The van der Waals surface area contributed by atoms with E-state index in [1.165, 1.54) is 12.1 Å². The fourth-order valence-electron chi connectivity index (χ4n) is 2.34. The maximum Gasteiger partial charge on any atom is 0.307 e. The van der Waals surface area contributed by atoms with Gasteiger partial charge in [-0.2, -0.15) is 0 Å². The summed E-state index contributed by atoms with van der Waals surface area (Å²) < 4.78 is 13.0. The molecule has 1 saturated carbocycles. The first-order valence-electron chi connectivity index (χ1n) is 5.09. The fraction of sp³-hybridized carbons (Fsp3) is 0.417. The summed E-state index contributed by atoms with van der Waals surface area (Å²) in [5.74, 6) is -1.42. The Bertz CT molecular complexity index is 402. The van der Waals surface area contributed by atoms with Crippen molar-refractivity contribution in [3.8, 4) is 0 Å². The van der Waals surface area contributed by atoms with E-state index in [0.717, 1.165) is 12.0 Å². The van der Waals surface area contributed by atoms with Gasteiger partial charge in [0.25, 0.3) is 0 Å². The Morgan fingerprint density at radius 1 is 1.67 bits per heavy atom. The highest BCUT2D eigenvalue weighted by molar-refractivity contribution is 5.77. The van der Waals surface area contributed by atoms with E-state index in [1.807, 2.05) is 13.0 Å². The second-order valence-electron chi connectivity index (χ2n) is 4.11. The van der Waals surface area contributed by atoms with E-state index in [-0.39, 0.29) is 17.2 Å². The van der Waals surface area contributed by atoms with Crippen molar-refractivity contribution in [3.63, 3.8) is 0 Å². The molecule has 0 radical (unpaired) electrons. The Morgan fingerprint density at radius 2 is 2.40 bits per heavy atom. The number of carbonyl (C=O) groups is 1. The first-order valence-corrected chi connectivity index (χ1v) is 5.09. The van der Waals surface area contributed by atoms with Crippen molar-refractivity contribution >= 4 is 5.97 Å². The number of carboxylic acids is 1. The Labute approximate surface area is 87.7 Å². The minimum absolute atomic E-state index is 0.295. The van der Waals surface area contributed by atoms with Gasteiger partial charge >= 0.3 is 5.97 Å². The number of carboxylic acid groups (broad SMARTS) is 1. The van der Waals surface area contributed by atoms with Crippen molar-refractivity contribution in [2.45, 2.75) is 25.2 Å². The van der Waals surface area contributed by atoms with Gasteiger partial charge in [-0.05, 0) is 30.5 Å². The molecule has 0 bridgehead atoms. The molecule has 0 spiro atoms. The zero-order valence-electron chi connectivity index (χ0n) is 8.53. The minimum Gasteiger partial charge on any atom is -0.481 e. The van der Waals surface area contributed by atoms with Crippen LogP contribution < -0.4 is 0 Å². The molecule has 1 N–H and O–H groups in total. The summed E-state index contributed by atoms with van der Waals surface area (Å²) in [6.45, 7) is 1.95. The van der Waals surface area contributed by atoms with Crippen molar-refractivity contribution in [1.29, 1.82) is 0 Å². The van der Waals surface area contributed by atoms with Crippen LogP contribution in [0.1, 0.15) is 25.3 Å². The van der Waals surface area contributed by atoms with Crippen molar-refractivity contribution in [2.75, 3.05) is 0 Å². The van der Waals surface area contributed by atoms with Gasteiger partial charge in [0, 0.05) is 5.41 Å². The molecule has 1 aromatic carbocycles. The molecule has 3 heteroatoms. The van der Waals surface area contributed by atoms with Crippen molar-refractivity contribution in [2.24, 2.45) is 5.92 Å². The van der Waals surface area contributed by atoms with E-state index < -0.39 is 5.97 Å². The Hall–Kier alpha value is -1.38. The van der Waals surface area contributed by atoms with Crippen LogP contribution >= 0.6 is 0 Å². The SMILES string of the molecule is CCC1(c2cccc(F)c2)CC1C(=O)O. The quantitative estimate of drug-likeness (QED) is 0.828. The average molecular weight is 208 g/mol. The van der Waals surface area contributed by atoms with Crippen LogP contribution in [-0.4, -0.2) is 11.1 Å². The molecule has 2 unspecified atom stereocenters. The van der Waals surface area contributed by atoms with Crippen molar-refractivity contribution in [3.05, 3.63) is 35.6 Å². The molecule has 2 atom stereocenters. The maximum absolute atomic E-state index is 13.0. The van der Waals surface area contributed by atoms with Crippen molar-refractivity contribution in [1.82, 2.24) is 0 Å². The Balaban J connectivity index is 2.34. The van der Waals surface area contributed by atoms with Crippen LogP contribution in [0.2, 0.25) is 0 Å². The molecule has 0 heterocycles. The summed E-state index contributed by atoms with van der Waals surface area (Å²) in [6, 6.07) is 6.28. The third-order valence-electron chi connectivity index (χ3n) is 3.40. The van der Waals surface area contributed by atoms with Gasteiger partial charge in [0.2, 0.25) is 0 Å². The molecule has 1 aromatic rings. The average Bonchev–Trinajstić information content (AvgIpc) is 2.93. The molecular weight excluding hydrogens is 195 g/mol. The number of hydrogen-bond donors (Lipinski definition) is 1. The van der Waals surface area contributed by atoms with E-state index >= 15 is 0 Å². The third kappa shape index (κ3) is 1.52. The molecule has 1 fully saturated rings. The lowest BCUT2D eigenvalue weighted by Gasteiger charge is -2.14. The Kier molecular flexibility index (Phi) is 2.25. The molecule has 0 aliphatic heterocycles. The second-order valence-corrected chi connectivity index (χ2v) is 4.11. The first kappa shape index (κ1) is 10.1. The summed E-state index contributed by atoms with van der Waals surface area (Å²) in [6.07, 6.45) is 1.37. The predicted octanol–water partition coefficient (Wildman–Crippen LogP) is 2.58. The maximum atomic E-state index is 13.0. The monoisotopic (exact) mass is 208 g/mol. The minimum atomic E-state index is -0.777. The van der Waals surface area contributed by atoms with Crippen molar-refractivity contribution < 1.29 is 14.3 Å². The van der Waals surface area contributed by atoms with E-state index in [0.29, 0.717) is 6.42 Å². The van der Waals surface area contributed by atoms with Crippen LogP contribution in [0.3, 0.4) is 0 Å². The van der Waals surface area contributed by atoms with Crippen LogP contribution in [0.4, 0.5) is 4.39 Å². The highest BCUT2D eigenvalue weighted by atomic mass is 19.1. The van der Waals surface area contributed by atoms with Gasteiger partial charge in [0.1, 0.15) is 5.82 Å². The first-order chi connectivity index (χ1) is 7.10. The number of aliphatic carboxylic acids is 1. The number of benzene rings is 1. The van der Waals surface area contributed by atoms with Gasteiger partial charge in [-0.1, -0.05) is 19.1 Å². The fourth-order valence-corrected chi connectivity index (χ4v) is 2.34. The van der Waals surface area contributed by atoms with E-state index in [1.54, 1.807) is 6.07 Å². The molecule has 2 rings (SSSR count). The molecule has 1 aliphatic carbocycles. The molecule has 0 aromatic heterocycles. The molecule has 80 valence electrons. The summed E-state index contributed by atoms with van der Waals surface area (Å²) in [7, 11) is 0. The summed E-state index contributed by atoms with van der Waals surface area (Å²) in [5.41, 5.74) is 0.492. The van der Waals surface area contributed by atoms with Crippen LogP contribution in [0.5, 0.6) is 0 Å². The third-order valence-corrected chi connectivity index (χ3v) is 3.40. The highest BCUT2D eigenvalue weighted by Crippen LogP contribution is 2.56. The van der Waals surface area contributed by atoms with Crippen LogP contribution in [-0.2, 0) is 10.2 Å². The van der Waals surface area contributed by atoms with E-state index in [2.05, 4.69) is 0 Å². The summed E-state index contributed by atoms with van der Waals surface area (Å²) in [4.78, 5) is 10.9. The smallest absolute Gasteiger partial charge is 0.307 e. The van der Waals surface area contributed by atoms with Crippen LogP contribution in [0, 0.1) is 11.7 Å². The zero-order chi connectivity index (χ0) is 11.1. The van der Waals surface area contributed by atoms with E-state index in [9.17, 15) is 9.18 Å². The molecule has 2 nitrogen and oxygen atoms in total. The Morgan fingerprint density at radius 3 is 2.87 bits per heavy atom. The van der Waals surface area contributed by atoms with Crippen LogP contribution in [0.25, 0.3) is 0 Å². The number of hydrogen-bond acceptors (Lipinski definition) is 1. The summed E-state index contributed by atoms with van der Waals surface area (Å²) >= 11 is 0. The lowest BCUT2D eigenvalue weighted by atomic mass is 9.90. The van der Waals surface area contributed by atoms with Crippen LogP contribution in [0.15, 0.2) is 24.3 Å². The molecule has 15 heavy (non-hydrogen) atoms. The molecule has 0 amide bonds. The molecule has 1 aliphatic rings. The lowest BCUT2D eigenvalue weighted by molar-refractivity contribution is -0.139. The number of rotatable bonds is 3. The predicted molar refractivity (Wildman–Crippen MR) is 54.1 cm³/mol. The molecule has 0 saturated heterocycles. The largest absolute Gasteiger partial charge is 0.481 e. The van der Waals surface area contributed by atoms with Gasteiger partial charge < -0.3 is 5.11 Å².